The zero-order valence-electron chi connectivity index (χ0n) is 15.8. The van der Waals surface area contributed by atoms with Crippen LogP contribution in [0.5, 0.6) is 0 Å². The molecule has 1 aliphatic rings. The van der Waals surface area contributed by atoms with Crippen molar-refractivity contribution in [1.29, 1.82) is 0 Å². The molecule has 3 rings (SSSR count). The Labute approximate surface area is 161 Å². The van der Waals surface area contributed by atoms with Gasteiger partial charge in [-0.2, -0.15) is 0 Å². The van der Waals surface area contributed by atoms with Gasteiger partial charge in [-0.25, -0.2) is 0 Å². The van der Waals surface area contributed by atoms with Crippen LogP contribution in [0.2, 0.25) is 0 Å². The predicted octanol–water partition coefficient (Wildman–Crippen LogP) is 2.25. The fourth-order valence-corrected chi connectivity index (χ4v) is 3.45. The molecule has 0 saturated carbocycles. The van der Waals surface area contributed by atoms with Crippen molar-refractivity contribution in [2.75, 3.05) is 32.7 Å². The summed E-state index contributed by atoms with van der Waals surface area (Å²) in [5, 5.41) is 3.20. The van der Waals surface area contributed by atoms with Crippen molar-refractivity contribution in [1.82, 2.24) is 15.1 Å². The summed E-state index contributed by atoms with van der Waals surface area (Å²) in [6.07, 6.45) is 0.759. The highest BCUT2D eigenvalue weighted by Crippen LogP contribution is 2.18. The molecule has 1 aliphatic heterocycles. The van der Waals surface area contributed by atoms with Gasteiger partial charge in [0.05, 0.1) is 12.6 Å². The number of nitrogens with one attached hydrogen (secondary N) is 1. The highest BCUT2D eigenvalue weighted by molar-refractivity contribution is 5.78. The van der Waals surface area contributed by atoms with Crippen molar-refractivity contribution < 1.29 is 9.59 Å². The Morgan fingerprint density at radius 1 is 0.926 bits per heavy atom. The summed E-state index contributed by atoms with van der Waals surface area (Å²) in [5.74, 6) is 0.127. The molecule has 0 unspecified atom stereocenters. The molecule has 0 aromatic heterocycles. The summed E-state index contributed by atoms with van der Waals surface area (Å²) in [6.45, 7) is 4.81. The summed E-state index contributed by atoms with van der Waals surface area (Å²) in [4.78, 5) is 28.0. The Morgan fingerprint density at radius 2 is 1.52 bits per heavy atom. The molecule has 1 saturated heterocycles. The maximum Gasteiger partial charge on any atom is 0.234 e. The number of rotatable bonds is 6. The molecule has 0 radical (unpaired) electrons. The molecular formula is C22H27N3O2. The van der Waals surface area contributed by atoms with Crippen LogP contribution in [0.15, 0.2) is 60.7 Å². The number of hydrogen-bond donors (Lipinski definition) is 1. The zero-order valence-corrected chi connectivity index (χ0v) is 15.8. The first-order valence-electron chi connectivity index (χ1n) is 9.48. The summed E-state index contributed by atoms with van der Waals surface area (Å²) in [6, 6.07) is 20.3. The molecule has 0 aliphatic carbocycles. The molecule has 0 spiro atoms. The highest BCUT2D eigenvalue weighted by atomic mass is 16.2. The van der Waals surface area contributed by atoms with Crippen LogP contribution in [0.3, 0.4) is 0 Å². The van der Waals surface area contributed by atoms with Gasteiger partial charge in [0, 0.05) is 33.1 Å². The van der Waals surface area contributed by atoms with Gasteiger partial charge in [-0.05, 0) is 17.5 Å². The number of carbonyl (C=O) groups excluding carboxylic acids is 2. The maximum atomic E-state index is 12.7. The SMILES string of the molecule is CC(=O)N1CCN(CC(=O)N[C@@H](Cc2ccccc2)c2ccccc2)CC1. The number of benzene rings is 2. The Hall–Kier alpha value is -2.66. The third kappa shape index (κ3) is 5.66. The molecule has 5 nitrogen and oxygen atoms in total. The maximum absolute atomic E-state index is 12.7. The predicted molar refractivity (Wildman–Crippen MR) is 106 cm³/mol. The second-order valence-electron chi connectivity index (χ2n) is 7.00. The number of carbonyl (C=O) groups is 2. The fourth-order valence-electron chi connectivity index (χ4n) is 3.45. The standard InChI is InChI=1S/C22H27N3O2/c1-18(26)25-14-12-24(13-15-25)17-22(27)23-21(20-10-6-3-7-11-20)16-19-8-4-2-5-9-19/h2-11,21H,12-17H2,1H3,(H,23,27)/t21-/m0/s1. The smallest absolute Gasteiger partial charge is 0.234 e. The van der Waals surface area contributed by atoms with Crippen molar-refractivity contribution in [3.63, 3.8) is 0 Å². The second-order valence-corrected chi connectivity index (χ2v) is 7.00. The fraction of sp³-hybridized carbons (Fsp3) is 0.364. The van der Waals surface area contributed by atoms with Gasteiger partial charge >= 0.3 is 0 Å². The average Bonchev–Trinajstić information content (AvgIpc) is 2.69. The molecule has 2 amide bonds. The van der Waals surface area contributed by atoms with E-state index in [1.165, 1.54) is 5.56 Å². The van der Waals surface area contributed by atoms with E-state index in [2.05, 4.69) is 34.5 Å². The molecule has 0 bridgehead atoms. The number of nitrogens with zero attached hydrogens (tertiary/aromatic N) is 2. The molecule has 2 aromatic rings. The molecule has 1 atom stereocenters. The number of piperazine rings is 1. The summed E-state index contributed by atoms with van der Waals surface area (Å²) in [5.41, 5.74) is 2.30. The van der Waals surface area contributed by atoms with E-state index in [1.54, 1.807) is 6.92 Å². The normalized spacial score (nSPS) is 16.0. The lowest BCUT2D eigenvalue weighted by Crippen LogP contribution is -2.50. The van der Waals surface area contributed by atoms with E-state index in [0.717, 1.165) is 25.1 Å². The van der Waals surface area contributed by atoms with Gasteiger partial charge in [-0.3, -0.25) is 14.5 Å². The van der Waals surface area contributed by atoms with Gasteiger partial charge in [0.1, 0.15) is 0 Å². The monoisotopic (exact) mass is 365 g/mol. The third-order valence-corrected chi connectivity index (χ3v) is 5.00. The largest absolute Gasteiger partial charge is 0.348 e. The first kappa shape index (κ1) is 19.1. The van der Waals surface area contributed by atoms with Crippen molar-refractivity contribution in [2.24, 2.45) is 0 Å². The molecule has 27 heavy (non-hydrogen) atoms. The first-order chi connectivity index (χ1) is 13.1. The summed E-state index contributed by atoms with van der Waals surface area (Å²) in [7, 11) is 0. The van der Waals surface area contributed by atoms with Crippen LogP contribution < -0.4 is 5.32 Å². The van der Waals surface area contributed by atoms with Crippen LogP contribution in [0.1, 0.15) is 24.1 Å². The molecule has 1 fully saturated rings. The van der Waals surface area contributed by atoms with Gasteiger partial charge in [-0.15, -0.1) is 0 Å². The Kier molecular flexibility index (Phi) is 6.60. The van der Waals surface area contributed by atoms with Crippen LogP contribution in [-0.4, -0.2) is 54.3 Å². The van der Waals surface area contributed by atoms with Crippen molar-refractivity contribution >= 4 is 11.8 Å². The highest BCUT2D eigenvalue weighted by Gasteiger charge is 2.22. The zero-order chi connectivity index (χ0) is 19.1. The number of hydrogen-bond acceptors (Lipinski definition) is 3. The Morgan fingerprint density at radius 3 is 2.11 bits per heavy atom. The van der Waals surface area contributed by atoms with E-state index in [9.17, 15) is 9.59 Å². The molecule has 5 heteroatoms. The summed E-state index contributed by atoms with van der Waals surface area (Å²) < 4.78 is 0. The molecular weight excluding hydrogens is 338 g/mol. The Bertz CT molecular complexity index is 741. The lowest BCUT2D eigenvalue weighted by molar-refractivity contribution is -0.131. The van der Waals surface area contributed by atoms with Gasteiger partial charge in [0.15, 0.2) is 0 Å². The Balaban J connectivity index is 1.60. The van der Waals surface area contributed by atoms with Gasteiger partial charge in [-0.1, -0.05) is 60.7 Å². The van der Waals surface area contributed by atoms with Crippen LogP contribution in [0.4, 0.5) is 0 Å². The van der Waals surface area contributed by atoms with Crippen LogP contribution in [0.25, 0.3) is 0 Å². The van der Waals surface area contributed by atoms with E-state index >= 15 is 0 Å². The number of amides is 2. The van der Waals surface area contributed by atoms with Gasteiger partial charge < -0.3 is 10.2 Å². The van der Waals surface area contributed by atoms with E-state index in [-0.39, 0.29) is 17.9 Å². The minimum absolute atomic E-state index is 0.0241. The third-order valence-electron chi connectivity index (χ3n) is 5.00. The van der Waals surface area contributed by atoms with Crippen LogP contribution in [0, 0.1) is 0 Å². The van der Waals surface area contributed by atoms with Crippen molar-refractivity contribution in [2.45, 2.75) is 19.4 Å². The van der Waals surface area contributed by atoms with Gasteiger partial charge in [0.25, 0.3) is 0 Å². The van der Waals surface area contributed by atoms with E-state index in [1.807, 2.05) is 41.3 Å². The topological polar surface area (TPSA) is 52.7 Å². The van der Waals surface area contributed by atoms with Crippen LogP contribution in [-0.2, 0) is 16.0 Å². The lowest BCUT2D eigenvalue weighted by atomic mass is 9.99. The molecule has 142 valence electrons. The summed E-state index contributed by atoms with van der Waals surface area (Å²) >= 11 is 0. The second kappa shape index (κ2) is 9.33. The minimum atomic E-state index is -0.0559. The van der Waals surface area contributed by atoms with Crippen molar-refractivity contribution in [3.8, 4) is 0 Å². The minimum Gasteiger partial charge on any atom is -0.348 e. The molecule has 2 aromatic carbocycles. The molecule has 1 heterocycles. The van der Waals surface area contributed by atoms with Crippen LogP contribution >= 0.6 is 0 Å². The van der Waals surface area contributed by atoms with Gasteiger partial charge in [0.2, 0.25) is 11.8 Å². The molecule has 1 N–H and O–H groups in total. The van der Waals surface area contributed by atoms with E-state index in [0.29, 0.717) is 19.6 Å². The van der Waals surface area contributed by atoms with E-state index in [4.69, 9.17) is 0 Å². The average molecular weight is 365 g/mol. The first-order valence-corrected chi connectivity index (χ1v) is 9.48. The lowest BCUT2D eigenvalue weighted by Gasteiger charge is -2.34. The van der Waals surface area contributed by atoms with Crippen molar-refractivity contribution in [3.05, 3.63) is 71.8 Å². The quantitative estimate of drug-likeness (QED) is 0.854. The van der Waals surface area contributed by atoms with E-state index < -0.39 is 0 Å².